The quantitative estimate of drug-likeness (QED) is 0.478. The summed E-state index contributed by atoms with van der Waals surface area (Å²) in [6.07, 6.45) is 1.60. The van der Waals surface area contributed by atoms with Crippen molar-refractivity contribution < 1.29 is 19.1 Å². The molecule has 6 nitrogen and oxygen atoms in total. The number of nitrogens with zero attached hydrogens (tertiary/aromatic N) is 1. The largest absolute Gasteiger partial charge is 0.478 e. The summed E-state index contributed by atoms with van der Waals surface area (Å²) in [5.41, 5.74) is 1.19. The maximum absolute atomic E-state index is 12.3. The van der Waals surface area contributed by atoms with Crippen molar-refractivity contribution in [3.05, 3.63) is 80.9 Å². The van der Waals surface area contributed by atoms with Gasteiger partial charge in [0.05, 0.1) is 21.2 Å². The highest BCUT2D eigenvalue weighted by Crippen LogP contribution is 2.34. The van der Waals surface area contributed by atoms with Gasteiger partial charge in [-0.15, -0.1) is 0 Å². The van der Waals surface area contributed by atoms with E-state index in [1.54, 1.807) is 48.5 Å². The first-order chi connectivity index (χ1) is 14.4. The second-order valence-electron chi connectivity index (χ2n) is 6.16. The third kappa shape index (κ3) is 4.43. The lowest BCUT2D eigenvalue weighted by atomic mass is 10.2. The van der Waals surface area contributed by atoms with E-state index >= 15 is 0 Å². The molecule has 1 amide bonds. The van der Waals surface area contributed by atoms with E-state index in [4.69, 9.17) is 32.7 Å². The fourth-order valence-electron chi connectivity index (χ4n) is 2.70. The summed E-state index contributed by atoms with van der Waals surface area (Å²) in [5.74, 6) is -0.383. The lowest BCUT2D eigenvalue weighted by molar-refractivity contribution is -0.115. The minimum atomic E-state index is -1.05. The van der Waals surface area contributed by atoms with Gasteiger partial charge >= 0.3 is 5.97 Å². The van der Waals surface area contributed by atoms with Crippen LogP contribution in [0.3, 0.4) is 0 Å². The van der Waals surface area contributed by atoms with Crippen molar-refractivity contribution in [2.24, 2.45) is 4.99 Å². The van der Waals surface area contributed by atoms with E-state index in [2.05, 4.69) is 10.3 Å². The van der Waals surface area contributed by atoms with Crippen LogP contribution in [0.25, 0.3) is 17.4 Å². The first kappa shape index (κ1) is 20.3. The number of nitrogens with one attached hydrogen (secondary N) is 1. The molecule has 1 aliphatic rings. The van der Waals surface area contributed by atoms with Gasteiger partial charge in [-0.05, 0) is 60.3 Å². The van der Waals surface area contributed by atoms with Crippen molar-refractivity contribution in [2.75, 3.05) is 0 Å². The van der Waals surface area contributed by atoms with Crippen molar-refractivity contribution in [2.45, 2.75) is 0 Å². The molecule has 2 N–H and O–H groups in total. The van der Waals surface area contributed by atoms with Crippen LogP contribution in [0, 0.1) is 0 Å². The Balaban J connectivity index is 1.56. The highest BCUT2D eigenvalue weighted by Gasteiger charge is 2.24. The van der Waals surface area contributed by atoms with E-state index in [9.17, 15) is 9.59 Å². The lowest BCUT2D eigenvalue weighted by Gasteiger charge is -2.01. The number of furan rings is 1. The van der Waals surface area contributed by atoms with Crippen LogP contribution in [0.1, 0.15) is 16.1 Å². The average Bonchev–Trinajstić information content (AvgIpc) is 3.31. The molecule has 30 heavy (non-hydrogen) atoms. The van der Waals surface area contributed by atoms with Gasteiger partial charge in [-0.3, -0.25) is 4.79 Å². The number of halogens is 2. The van der Waals surface area contributed by atoms with Crippen molar-refractivity contribution in [1.82, 2.24) is 5.32 Å². The predicted octanol–water partition coefficient (Wildman–Crippen LogP) is 5.84. The van der Waals surface area contributed by atoms with E-state index in [0.717, 1.165) is 11.8 Å². The smallest absolute Gasteiger partial charge is 0.335 e. The molecule has 1 saturated heterocycles. The van der Waals surface area contributed by atoms with Gasteiger partial charge < -0.3 is 14.8 Å². The molecule has 1 aliphatic heterocycles. The molecule has 2 aromatic carbocycles. The molecular weight excluding hydrogens is 447 g/mol. The van der Waals surface area contributed by atoms with Gasteiger partial charge in [-0.2, -0.15) is 0 Å². The van der Waals surface area contributed by atoms with Crippen molar-refractivity contribution in [1.29, 1.82) is 0 Å². The number of amidine groups is 1. The fourth-order valence-corrected chi connectivity index (χ4v) is 3.90. The molecule has 9 heteroatoms. The Bertz CT molecular complexity index is 1230. The van der Waals surface area contributed by atoms with Crippen LogP contribution in [0.5, 0.6) is 0 Å². The fraction of sp³-hybridized carbons (Fsp3) is 0. The van der Waals surface area contributed by atoms with Gasteiger partial charge in [-0.1, -0.05) is 29.3 Å². The zero-order valence-corrected chi connectivity index (χ0v) is 17.4. The molecule has 1 fully saturated rings. The molecule has 0 atom stereocenters. The minimum absolute atomic E-state index is 0.115. The summed E-state index contributed by atoms with van der Waals surface area (Å²) in [5, 5.41) is 13.1. The van der Waals surface area contributed by atoms with Crippen LogP contribution >= 0.6 is 35.0 Å². The molecule has 150 valence electrons. The molecule has 3 aromatic rings. The average molecular weight is 459 g/mol. The van der Waals surface area contributed by atoms with Crippen LogP contribution in [-0.2, 0) is 4.79 Å². The van der Waals surface area contributed by atoms with Crippen LogP contribution in [0.4, 0.5) is 5.69 Å². The van der Waals surface area contributed by atoms with Gasteiger partial charge in [0.2, 0.25) is 0 Å². The molecule has 0 unspecified atom stereocenters. The van der Waals surface area contributed by atoms with Crippen molar-refractivity contribution in [3.8, 4) is 11.3 Å². The number of aromatic carboxylic acids is 1. The number of hydrogen-bond acceptors (Lipinski definition) is 5. The number of carbonyl (C=O) groups is 2. The van der Waals surface area contributed by atoms with Gasteiger partial charge in [-0.25, -0.2) is 9.79 Å². The van der Waals surface area contributed by atoms with Crippen molar-refractivity contribution >= 4 is 63.8 Å². The zero-order chi connectivity index (χ0) is 21.3. The Hall–Kier alpha value is -3.00. The second-order valence-corrected chi connectivity index (χ2v) is 8.04. The van der Waals surface area contributed by atoms with Gasteiger partial charge in [0, 0.05) is 16.7 Å². The number of thioether (sulfide) groups is 1. The summed E-state index contributed by atoms with van der Waals surface area (Å²) in [7, 11) is 0. The highest BCUT2D eigenvalue weighted by molar-refractivity contribution is 8.18. The lowest BCUT2D eigenvalue weighted by Crippen LogP contribution is -2.19. The Labute approximate surface area is 185 Å². The number of carboxylic acid groups (broad SMARTS) is 1. The van der Waals surface area contributed by atoms with E-state index < -0.39 is 5.97 Å². The molecule has 0 spiro atoms. The number of aliphatic imine (C=N–C) groups is 1. The molecule has 2 heterocycles. The highest BCUT2D eigenvalue weighted by atomic mass is 35.5. The van der Waals surface area contributed by atoms with Crippen molar-refractivity contribution in [3.63, 3.8) is 0 Å². The standard InChI is InChI=1S/C21H12Cl2N2O4S/c22-12-4-6-16(23)15(9-12)17-7-5-14(29-17)10-18-19(26)25-21(30-18)24-13-3-1-2-11(8-13)20(27)28/h1-10H,(H,27,28)(H,24,25,26)/b18-10+. The zero-order valence-electron chi connectivity index (χ0n) is 15.1. The first-order valence-electron chi connectivity index (χ1n) is 8.57. The van der Waals surface area contributed by atoms with E-state index in [1.807, 2.05) is 0 Å². The van der Waals surface area contributed by atoms with E-state index in [1.165, 1.54) is 12.1 Å². The topological polar surface area (TPSA) is 91.9 Å². The third-order valence-corrected chi connectivity index (χ3v) is 5.54. The maximum Gasteiger partial charge on any atom is 0.335 e. The molecule has 0 aliphatic carbocycles. The molecule has 0 radical (unpaired) electrons. The number of carboxylic acids is 1. The Morgan fingerprint density at radius 1 is 1.13 bits per heavy atom. The third-order valence-electron chi connectivity index (χ3n) is 4.07. The molecule has 0 bridgehead atoms. The number of hydrogen-bond donors (Lipinski definition) is 2. The van der Waals surface area contributed by atoms with Crippen LogP contribution in [0.15, 0.2) is 68.9 Å². The molecule has 1 aromatic heterocycles. The minimum Gasteiger partial charge on any atom is -0.478 e. The number of carbonyl (C=O) groups excluding carboxylic acids is 1. The SMILES string of the molecule is O=C1NC(=Nc2cccc(C(=O)O)c2)S/C1=C/c1ccc(-c2cc(Cl)ccc2Cl)o1. The first-order valence-corrected chi connectivity index (χ1v) is 10.1. The van der Waals surface area contributed by atoms with Crippen LogP contribution in [-0.4, -0.2) is 22.2 Å². The van der Waals surface area contributed by atoms with Crippen LogP contribution in [0.2, 0.25) is 10.0 Å². The van der Waals surface area contributed by atoms with E-state index in [0.29, 0.717) is 42.9 Å². The Morgan fingerprint density at radius 2 is 1.97 bits per heavy atom. The van der Waals surface area contributed by atoms with Gasteiger partial charge in [0.25, 0.3) is 5.91 Å². The normalized spacial score (nSPS) is 16.3. The predicted molar refractivity (Wildman–Crippen MR) is 118 cm³/mol. The summed E-state index contributed by atoms with van der Waals surface area (Å²) in [6.45, 7) is 0. The van der Waals surface area contributed by atoms with Crippen LogP contribution < -0.4 is 5.32 Å². The Morgan fingerprint density at radius 3 is 2.77 bits per heavy atom. The monoisotopic (exact) mass is 458 g/mol. The van der Waals surface area contributed by atoms with E-state index in [-0.39, 0.29) is 11.5 Å². The summed E-state index contributed by atoms with van der Waals surface area (Å²) in [4.78, 5) is 28.0. The number of rotatable bonds is 4. The summed E-state index contributed by atoms with van der Waals surface area (Å²) in [6, 6.07) is 14.7. The summed E-state index contributed by atoms with van der Waals surface area (Å²) < 4.78 is 5.79. The molecule has 4 rings (SSSR count). The number of benzene rings is 2. The Kier molecular flexibility index (Phi) is 5.67. The van der Waals surface area contributed by atoms with Gasteiger partial charge in [0.1, 0.15) is 11.5 Å². The second kappa shape index (κ2) is 8.39. The van der Waals surface area contributed by atoms with Gasteiger partial charge in [0.15, 0.2) is 5.17 Å². The molecular formula is C21H12Cl2N2O4S. The summed E-state index contributed by atoms with van der Waals surface area (Å²) >= 11 is 13.4. The molecule has 0 saturated carbocycles. The maximum atomic E-state index is 12.3. The number of amides is 1.